The van der Waals surface area contributed by atoms with Crippen LogP contribution in [0, 0.1) is 20.8 Å². The van der Waals surface area contributed by atoms with Crippen molar-refractivity contribution in [1.82, 2.24) is 0 Å². The molecule has 1 rings (SSSR count). The molecule has 68 valence electrons. The molecule has 0 bridgehead atoms. The maximum atomic E-state index is 10.2. The highest BCUT2D eigenvalue weighted by Crippen LogP contribution is 2.17. The summed E-state index contributed by atoms with van der Waals surface area (Å²) in [5.74, 6) is 0. The van der Waals surface area contributed by atoms with E-state index in [0.717, 1.165) is 11.8 Å². The van der Waals surface area contributed by atoms with E-state index in [1.165, 1.54) is 22.8 Å². The van der Waals surface area contributed by atoms with E-state index in [2.05, 4.69) is 32.9 Å². The molecule has 1 aromatic rings. The van der Waals surface area contributed by atoms with Gasteiger partial charge in [0, 0.05) is 0 Å². The van der Waals surface area contributed by atoms with Gasteiger partial charge in [0.15, 0.2) is 0 Å². The summed E-state index contributed by atoms with van der Waals surface area (Å²) in [6.45, 7) is 6.20. The Hall–Kier alpha value is -1.37. The van der Waals surface area contributed by atoms with Crippen molar-refractivity contribution in [2.24, 2.45) is 0 Å². The third kappa shape index (κ3) is 2.28. The Morgan fingerprint density at radius 3 is 2.08 bits per heavy atom. The minimum atomic E-state index is 0.804. The van der Waals surface area contributed by atoms with Gasteiger partial charge in [0.25, 0.3) is 0 Å². The smallest absolute Gasteiger partial charge is 0.142 e. The SMILES string of the molecule is Cc1cc(C)c(/C=C\C=O)c(C)c1. The number of allylic oxidation sites excluding steroid dienone is 1. The van der Waals surface area contributed by atoms with Crippen LogP contribution in [-0.2, 0) is 4.79 Å². The highest BCUT2D eigenvalue weighted by Gasteiger charge is 1.99. The minimum absolute atomic E-state index is 0.804. The summed E-state index contributed by atoms with van der Waals surface area (Å²) in [6, 6.07) is 4.24. The Balaban J connectivity index is 3.20. The summed E-state index contributed by atoms with van der Waals surface area (Å²) in [7, 11) is 0. The van der Waals surface area contributed by atoms with Crippen molar-refractivity contribution in [1.29, 1.82) is 0 Å². The lowest BCUT2D eigenvalue weighted by Gasteiger charge is -2.06. The predicted molar refractivity (Wildman–Crippen MR) is 55.8 cm³/mol. The molecule has 0 saturated heterocycles. The Kier molecular flexibility index (Phi) is 3.02. The van der Waals surface area contributed by atoms with Gasteiger partial charge in [-0.1, -0.05) is 23.8 Å². The number of aryl methyl sites for hydroxylation is 3. The van der Waals surface area contributed by atoms with Crippen molar-refractivity contribution >= 4 is 12.4 Å². The molecule has 0 aliphatic heterocycles. The Labute approximate surface area is 79.1 Å². The summed E-state index contributed by atoms with van der Waals surface area (Å²) in [5.41, 5.74) is 4.85. The molecule has 13 heavy (non-hydrogen) atoms. The van der Waals surface area contributed by atoms with Crippen molar-refractivity contribution in [3.8, 4) is 0 Å². The normalized spacial score (nSPS) is 10.7. The van der Waals surface area contributed by atoms with Gasteiger partial charge in [-0.05, 0) is 43.5 Å². The summed E-state index contributed by atoms with van der Waals surface area (Å²) in [6.07, 6.45) is 4.19. The molecule has 0 fully saturated rings. The second-order valence-electron chi connectivity index (χ2n) is 3.31. The molecule has 1 nitrogen and oxygen atoms in total. The van der Waals surface area contributed by atoms with Crippen molar-refractivity contribution in [3.05, 3.63) is 40.5 Å². The van der Waals surface area contributed by atoms with Crippen LogP contribution in [0.4, 0.5) is 0 Å². The predicted octanol–water partition coefficient (Wildman–Crippen LogP) is 2.82. The lowest BCUT2D eigenvalue weighted by Crippen LogP contribution is -1.88. The van der Waals surface area contributed by atoms with E-state index in [4.69, 9.17) is 0 Å². The number of aldehydes is 1. The fraction of sp³-hybridized carbons (Fsp3) is 0.250. The van der Waals surface area contributed by atoms with E-state index in [1.807, 2.05) is 6.08 Å². The number of hydrogen-bond donors (Lipinski definition) is 0. The first-order valence-electron chi connectivity index (χ1n) is 4.35. The highest BCUT2D eigenvalue weighted by molar-refractivity contribution is 5.75. The summed E-state index contributed by atoms with van der Waals surface area (Å²) in [4.78, 5) is 10.2. The van der Waals surface area contributed by atoms with E-state index in [1.54, 1.807) is 0 Å². The lowest BCUT2D eigenvalue weighted by atomic mass is 10.00. The van der Waals surface area contributed by atoms with Crippen LogP contribution in [0.2, 0.25) is 0 Å². The van der Waals surface area contributed by atoms with Crippen LogP contribution >= 0.6 is 0 Å². The van der Waals surface area contributed by atoms with Crippen LogP contribution in [0.15, 0.2) is 18.2 Å². The van der Waals surface area contributed by atoms with Gasteiger partial charge < -0.3 is 0 Å². The second kappa shape index (κ2) is 4.04. The third-order valence-electron chi connectivity index (χ3n) is 2.08. The quantitative estimate of drug-likeness (QED) is 0.497. The van der Waals surface area contributed by atoms with Crippen LogP contribution < -0.4 is 0 Å². The number of carbonyl (C=O) groups excluding carboxylic acids is 1. The maximum Gasteiger partial charge on any atom is 0.142 e. The van der Waals surface area contributed by atoms with Gasteiger partial charge in [-0.15, -0.1) is 0 Å². The van der Waals surface area contributed by atoms with Gasteiger partial charge in [0.1, 0.15) is 6.29 Å². The van der Waals surface area contributed by atoms with Crippen LogP contribution in [0.1, 0.15) is 22.3 Å². The molecule has 1 heteroatoms. The van der Waals surface area contributed by atoms with Gasteiger partial charge in [-0.3, -0.25) is 4.79 Å². The molecule has 0 aromatic heterocycles. The Morgan fingerprint density at radius 1 is 1.08 bits per heavy atom. The Bertz CT molecular complexity index is 325. The van der Waals surface area contributed by atoms with Gasteiger partial charge in [-0.25, -0.2) is 0 Å². The zero-order chi connectivity index (χ0) is 9.84. The number of carbonyl (C=O) groups is 1. The average molecular weight is 174 g/mol. The lowest BCUT2D eigenvalue weighted by molar-refractivity contribution is -0.104. The topological polar surface area (TPSA) is 17.1 Å². The van der Waals surface area contributed by atoms with Crippen molar-refractivity contribution in [3.63, 3.8) is 0 Å². The van der Waals surface area contributed by atoms with E-state index in [-0.39, 0.29) is 0 Å². The fourth-order valence-electron chi connectivity index (χ4n) is 1.59. The molecule has 0 radical (unpaired) electrons. The van der Waals surface area contributed by atoms with E-state index in [9.17, 15) is 4.79 Å². The zero-order valence-electron chi connectivity index (χ0n) is 8.29. The Morgan fingerprint density at radius 2 is 1.62 bits per heavy atom. The fourth-order valence-corrected chi connectivity index (χ4v) is 1.59. The molecule has 0 heterocycles. The number of hydrogen-bond acceptors (Lipinski definition) is 1. The van der Waals surface area contributed by atoms with Crippen LogP contribution in [-0.4, -0.2) is 6.29 Å². The molecule has 0 atom stereocenters. The first-order chi connectivity index (χ1) is 6.15. The molecular formula is C12H14O. The maximum absolute atomic E-state index is 10.2. The van der Waals surface area contributed by atoms with Crippen LogP contribution in [0.25, 0.3) is 6.08 Å². The van der Waals surface area contributed by atoms with Crippen molar-refractivity contribution in [2.45, 2.75) is 20.8 Å². The summed E-state index contributed by atoms with van der Waals surface area (Å²) in [5, 5.41) is 0. The summed E-state index contributed by atoms with van der Waals surface area (Å²) < 4.78 is 0. The molecule has 0 unspecified atom stereocenters. The van der Waals surface area contributed by atoms with Gasteiger partial charge in [0.05, 0.1) is 0 Å². The standard InChI is InChI=1S/C12H14O/c1-9-7-10(2)12(5-4-6-13)11(3)8-9/h4-8H,1-3H3/b5-4-. The van der Waals surface area contributed by atoms with Crippen LogP contribution in [0.3, 0.4) is 0 Å². The number of benzene rings is 1. The van der Waals surface area contributed by atoms with Gasteiger partial charge in [0.2, 0.25) is 0 Å². The highest BCUT2D eigenvalue weighted by atomic mass is 16.1. The zero-order valence-corrected chi connectivity index (χ0v) is 8.29. The summed E-state index contributed by atoms with van der Waals surface area (Å²) >= 11 is 0. The largest absolute Gasteiger partial charge is 0.299 e. The first-order valence-corrected chi connectivity index (χ1v) is 4.35. The number of rotatable bonds is 2. The monoisotopic (exact) mass is 174 g/mol. The van der Waals surface area contributed by atoms with E-state index in [0.29, 0.717) is 0 Å². The van der Waals surface area contributed by atoms with Crippen LogP contribution in [0.5, 0.6) is 0 Å². The molecule has 0 aliphatic rings. The van der Waals surface area contributed by atoms with Gasteiger partial charge in [-0.2, -0.15) is 0 Å². The average Bonchev–Trinajstić information content (AvgIpc) is 2.02. The molecule has 0 aliphatic carbocycles. The first kappa shape index (κ1) is 9.72. The molecule has 0 amide bonds. The molecule has 0 saturated carbocycles. The molecule has 0 spiro atoms. The van der Waals surface area contributed by atoms with Gasteiger partial charge >= 0.3 is 0 Å². The molecule has 1 aromatic carbocycles. The third-order valence-corrected chi connectivity index (χ3v) is 2.08. The molecule has 0 N–H and O–H groups in total. The van der Waals surface area contributed by atoms with Crippen molar-refractivity contribution < 1.29 is 4.79 Å². The van der Waals surface area contributed by atoms with Crippen molar-refractivity contribution in [2.75, 3.05) is 0 Å². The molecular weight excluding hydrogens is 160 g/mol. The van der Waals surface area contributed by atoms with E-state index < -0.39 is 0 Å². The minimum Gasteiger partial charge on any atom is -0.299 e. The van der Waals surface area contributed by atoms with E-state index >= 15 is 0 Å². The second-order valence-corrected chi connectivity index (χ2v) is 3.31.